The van der Waals surface area contributed by atoms with Crippen LogP contribution in [0.15, 0.2) is 40.8 Å². The monoisotopic (exact) mass is 273 g/mol. The van der Waals surface area contributed by atoms with Crippen LogP contribution in [0.2, 0.25) is 0 Å². The highest BCUT2D eigenvalue weighted by atomic mass is 16.5. The molecule has 4 nitrogen and oxygen atoms in total. The fourth-order valence-electron chi connectivity index (χ4n) is 1.89. The summed E-state index contributed by atoms with van der Waals surface area (Å²) in [6, 6.07) is 11.5. The Bertz CT molecular complexity index is 557. The molecule has 106 valence electrons. The highest BCUT2D eigenvalue weighted by Crippen LogP contribution is 2.11. The lowest BCUT2D eigenvalue weighted by atomic mass is 10.2. The summed E-state index contributed by atoms with van der Waals surface area (Å²) in [5, 5.41) is 2.89. The molecule has 4 heteroatoms. The van der Waals surface area contributed by atoms with Crippen molar-refractivity contribution in [3.05, 3.63) is 53.5 Å². The van der Waals surface area contributed by atoms with Crippen LogP contribution >= 0.6 is 0 Å². The van der Waals surface area contributed by atoms with Crippen LogP contribution in [0.5, 0.6) is 5.75 Å². The van der Waals surface area contributed by atoms with Gasteiger partial charge in [0.25, 0.3) is 0 Å². The first-order valence-corrected chi connectivity index (χ1v) is 6.62. The second-order valence-corrected chi connectivity index (χ2v) is 4.64. The summed E-state index contributed by atoms with van der Waals surface area (Å²) in [6.07, 6.45) is 1.06. The number of ether oxygens (including phenoxy) is 1. The van der Waals surface area contributed by atoms with E-state index < -0.39 is 0 Å². The van der Waals surface area contributed by atoms with Crippen molar-refractivity contribution in [3.63, 3.8) is 0 Å². The van der Waals surface area contributed by atoms with Gasteiger partial charge in [-0.15, -0.1) is 0 Å². The number of aryl methyl sites for hydroxylation is 2. The molecule has 0 aliphatic carbocycles. The molecule has 1 aromatic heterocycles. The zero-order valence-electron chi connectivity index (χ0n) is 11.8. The Balaban J connectivity index is 1.74. The van der Waals surface area contributed by atoms with Crippen LogP contribution in [0.25, 0.3) is 0 Å². The maximum Gasteiger partial charge on any atom is 0.220 e. The van der Waals surface area contributed by atoms with Crippen LogP contribution < -0.4 is 10.1 Å². The summed E-state index contributed by atoms with van der Waals surface area (Å²) in [7, 11) is 1.63. The fraction of sp³-hybridized carbons (Fsp3) is 0.312. The minimum absolute atomic E-state index is 0.0230. The van der Waals surface area contributed by atoms with Crippen LogP contribution in [0.4, 0.5) is 0 Å². The fourth-order valence-corrected chi connectivity index (χ4v) is 1.89. The first-order valence-electron chi connectivity index (χ1n) is 6.62. The molecule has 20 heavy (non-hydrogen) atoms. The topological polar surface area (TPSA) is 51.5 Å². The largest absolute Gasteiger partial charge is 0.497 e. The Morgan fingerprint density at radius 2 is 1.95 bits per heavy atom. The second kappa shape index (κ2) is 6.80. The lowest BCUT2D eigenvalue weighted by Gasteiger charge is -2.06. The Morgan fingerprint density at radius 1 is 1.20 bits per heavy atom. The highest BCUT2D eigenvalue weighted by Gasteiger charge is 2.05. The number of amides is 1. The summed E-state index contributed by atoms with van der Waals surface area (Å²) >= 11 is 0. The van der Waals surface area contributed by atoms with Crippen molar-refractivity contribution in [2.75, 3.05) is 7.11 Å². The van der Waals surface area contributed by atoms with Gasteiger partial charge in [0.05, 0.1) is 7.11 Å². The summed E-state index contributed by atoms with van der Waals surface area (Å²) < 4.78 is 10.5. The second-order valence-electron chi connectivity index (χ2n) is 4.64. The number of hydrogen-bond donors (Lipinski definition) is 1. The Morgan fingerprint density at radius 3 is 2.55 bits per heavy atom. The lowest BCUT2D eigenvalue weighted by Crippen LogP contribution is -2.22. The first-order chi connectivity index (χ1) is 9.67. The van der Waals surface area contributed by atoms with E-state index in [0.717, 1.165) is 22.8 Å². The quantitative estimate of drug-likeness (QED) is 0.880. The average molecular weight is 273 g/mol. The van der Waals surface area contributed by atoms with Gasteiger partial charge in [-0.25, -0.2) is 0 Å². The van der Waals surface area contributed by atoms with Crippen LogP contribution in [-0.2, 0) is 17.8 Å². The van der Waals surface area contributed by atoms with E-state index in [0.29, 0.717) is 19.4 Å². The van der Waals surface area contributed by atoms with Crippen molar-refractivity contribution in [1.29, 1.82) is 0 Å². The molecule has 0 aliphatic rings. The van der Waals surface area contributed by atoms with Crippen molar-refractivity contribution < 1.29 is 13.9 Å². The molecule has 0 spiro atoms. The number of rotatable bonds is 6. The number of methoxy groups -OCH3 is 1. The van der Waals surface area contributed by atoms with Gasteiger partial charge in [0.1, 0.15) is 17.3 Å². The summed E-state index contributed by atoms with van der Waals surface area (Å²) in [6.45, 7) is 2.42. The maximum atomic E-state index is 11.7. The van der Waals surface area contributed by atoms with Crippen LogP contribution in [-0.4, -0.2) is 13.0 Å². The average Bonchev–Trinajstić information content (AvgIpc) is 2.89. The van der Waals surface area contributed by atoms with Crippen LogP contribution in [0.3, 0.4) is 0 Å². The van der Waals surface area contributed by atoms with Crippen molar-refractivity contribution in [2.24, 2.45) is 0 Å². The van der Waals surface area contributed by atoms with E-state index in [9.17, 15) is 4.79 Å². The van der Waals surface area contributed by atoms with Gasteiger partial charge < -0.3 is 14.5 Å². The van der Waals surface area contributed by atoms with E-state index >= 15 is 0 Å². The summed E-state index contributed by atoms with van der Waals surface area (Å²) in [5.74, 6) is 2.56. The maximum absolute atomic E-state index is 11.7. The molecular weight excluding hydrogens is 254 g/mol. The molecule has 2 aromatic rings. The molecule has 0 saturated heterocycles. The van der Waals surface area contributed by atoms with E-state index in [2.05, 4.69) is 5.32 Å². The summed E-state index contributed by atoms with van der Waals surface area (Å²) in [4.78, 5) is 11.7. The van der Waals surface area contributed by atoms with Gasteiger partial charge >= 0.3 is 0 Å². The number of carbonyl (C=O) groups excluding carboxylic acids is 1. The molecule has 2 rings (SSSR count). The van der Waals surface area contributed by atoms with Gasteiger partial charge in [0, 0.05) is 19.4 Å². The van der Waals surface area contributed by atoms with E-state index in [4.69, 9.17) is 9.15 Å². The van der Waals surface area contributed by atoms with E-state index in [1.165, 1.54) is 0 Å². The third kappa shape index (κ3) is 4.16. The summed E-state index contributed by atoms with van der Waals surface area (Å²) in [5.41, 5.74) is 1.05. The number of furan rings is 1. The molecule has 0 fully saturated rings. The van der Waals surface area contributed by atoms with Gasteiger partial charge in [0.2, 0.25) is 5.91 Å². The number of nitrogens with one attached hydrogen (secondary N) is 1. The number of hydrogen-bond acceptors (Lipinski definition) is 3. The van der Waals surface area contributed by atoms with Gasteiger partial charge in [-0.3, -0.25) is 4.79 Å². The molecule has 0 unspecified atom stereocenters. The Labute approximate surface area is 118 Å². The molecule has 1 heterocycles. The standard InChI is InChI=1S/C16H19NO3/c1-12-3-6-15(20-12)9-10-16(18)17-11-13-4-7-14(19-2)8-5-13/h3-8H,9-11H2,1-2H3,(H,17,18). The van der Waals surface area contributed by atoms with E-state index in [1.54, 1.807) is 7.11 Å². The number of carbonyl (C=O) groups is 1. The van der Waals surface area contributed by atoms with E-state index in [1.807, 2.05) is 43.3 Å². The predicted octanol–water partition coefficient (Wildman–Crippen LogP) is 2.85. The van der Waals surface area contributed by atoms with Crippen molar-refractivity contribution >= 4 is 5.91 Å². The first kappa shape index (κ1) is 14.2. The molecule has 0 atom stereocenters. The zero-order valence-corrected chi connectivity index (χ0v) is 11.8. The molecule has 0 bridgehead atoms. The Hall–Kier alpha value is -2.23. The molecule has 0 radical (unpaired) electrons. The third-order valence-electron chi connectivity index (χ3n) is 3.04. The minimum Gasteiger partial charge on any atom is -0.497 e. The van der Waals surface area contributed by atoms with Gasteiger partial charge in [-0.1, -0.05) is 12.1 Å². The normalized spacial score (nSPS) is 10.3. The van der Waals surface area contributed by atoms with Crippen molar-refractivity contribution in [2.45, 2.75) is 26.3 Å². The lowest BCUT2D eigenvalue weighted by molar-refractivity contribution is -0.121. The molecule has 0 saturated carbocycles. The predicted molar refractivity (Wildman–Crippen MR) is 76.6 cm³/mol. The zero-order chi connectivity index (χ0) is 14.4. The Kier molecular flexibility index (Phi) is 4.82. The number of benzene rings is 1. The van der Waals surface area contributed by atoms with E-state index in [-0.39, 0.29) is 5.91 Å². The van der Waals surface area contributed by atoms with Gasteiger partial charge in [-0.2, -0.15) is 0 Å². The van der Waals surface area contributed by atoms with Gasteiger partial charge in [0.15, 0.2) is 0 Å². The van der Waals surface area contributed by atoms with Gasteiger partial charge in [-0.05, 0) is 36.8 Å². The van der Waals surface area contributed by atoms with Crippen molar-refractivity contribution in [3.8, 4) is 5.75 Å². The van der Waals surface area contributed by atoms with Crippen LogP contribution in [0.1, 0.15) is 23.5 Å². The van der Waals surface area contributed by atoms with Crippen LogP contribution in [0, 0.1) is 6.92 Å². The molecule has 0 aliphatic heterocycles. The molecular formula is C16H19NO3. The molecule has 1 N–H and O–H groups in total. The minimum atomic E-state index is 0.0230. The SMILES string of the molecule is COc1ccc(CNC(=O)CCc2ccc(C)o2)cc1. The smallest absolute Gasteiger partial charge is 0.220 e. The van der Waals surface area contributed by atoms with Crippen molar-refractivity contribution in [1.82, 2.24) is 5.32 Å². The third-order valence-corrected chi connectivity index (χ3v) is 3.04. The highest BCUT2D eigenvalue weighted by molar-refractivity contribution is 5.76. The molecule has 1 amide bonds. The molecule has 1 aromatic carbocycles.